The average molecular weight is 215 g/mol. The van der Waals surface area contributed by atoms with E-state index in [9.17, 15) is 0 Å². The standard InChI is InChI=1S/C12H13N3O/c1-16-10-5-2-4-9(8-10)15-12-11(13)6-3-7-14-12/h2-8H,13H2,1H3,(H,14,15). The molecule has 2 aromatic rings. The molecule has 3 N–H and O–H groups in total. The van der Waals surface area contributed by atoms with Crippen molar-refractivity contribution in [1.29, 1.82) is 0 Å². The summed E-state index contributed by atoms with van der Waals surface area (Å²) in [6.07, 6.45) is 1.69. The normalized spacial score (nSPS) is 9.81. The van der Waals surface area contributed by atoms with Gasteiger partial charge in [0.15, 0.2) is 5.82 Å². The highest BCUT2D eigenvalue weighted by atomic mass is 16.5. The lowest BCUT2D eigenvalue weighted by Crippen LogP contribution is -1.98. The van der Waals surface area contributed by atoms with Gasteiger partial charge in [-0.3, -0.25) is 0 Å². The first-order chi connectivity index (χ1) is 7.79. The van der Waals surface area contributed by atoms with E-state index in [1.807, 2.05) is 24.3 Å². The third-order valence-electron chi connectivity index (χ3n) is 2.17. The van der Waals surface area contributed by atoms with Crippen molar-refractivity contribution in [3.63, 3.8) is 0 Å². The molecule has 0 unspecified atom stereocenters. The number of hydrogen-bond acceptors (Lipinski definition) is 4. The molecule has 0 aliphatic heterocycles. The van der Waals surface area contributed by atoms with Gasteiger partial charge in [0.2, 0.25) is 0 Å². The van der Waals surface area contributed by atoms with E-state index in [-0.39, 0.29) is 0 Å². The van der Waals surface area contributed by atoms with Gasteiger partial charge in [-0.15, -0.1) is 0 Å². The highest BCUT2D eigenvalue weighted by molar-refractivity contribution is 5.68. The number of rotatable bonds is 3. The minimum absolute atomic E-state index is 0.616. The summed E-state index contributed by atoms with van der Waals surface area (Å²) in [6.45, 7) is 0. The van der Waals surface area contributed by atoms with Crippen LogP contribution in [-0.4, -0.2) is 12.1 Å². The maximum Gasteiger partial charge on any atom is 0.153 e. The Balaban J connectivity index is 2.24. The zero-order valence-electron chi connectivity index (χ0n) is 8.97. The molecule has 0 atom stereocenters. The molecular weight excluding hydrogens is 202 g/mol. The number of nitrogens with two attached hydrogens (primary N) is 1. The predicted octanol–water partition coefficient (Wildman–Crippen LogP) is 2.42. The van der Waals surface area contributed by atoms with Gasteiger partial charge in [0.1, 0.15) is 5.75 Å². The second-order valence-electron chi connectivity index (χ2n) is 3.30. The quantitative estimate of drug-likeness (QED) is 0.825. The number of hydrogen-bond donors (Lipinski definition) is 2. The van der Waals surface area contributed by atoms with Crippen molar-refractivity contribution in [1.82, 2.24) is 4.98 Å². The van der Waals surface area contributed by atoms with Crippen LogP contribution in [0.25, 0.3) is 0 Å². The molecule has 2 rings (SSSR count). The lowest BCUT2D eigenvalue weighted by atomic mass is 10.3. The Morgan fingerprint density at radius 2 is 2.12 bits per heavy atom. The number of methoxy groups -OCH3 is 1. The first-order valence-electron chi connectivity index (χ1n) is 4.91. The Morgan fingerprint density at radius 3 is 2.88 bits per heavy atom. The molecule has 1 aromatic carbocycles. The summed E-state index contributed by atoms with van der Waals surface area (Å²) in [5.41, 5.74) is 7.29. The van der Waals surface area contributed by atoms with E-state index in [0.717, 1.165) is 11.4 Å². The molecule has 0 bridgehead atoms. The Kier molecular flexibility index (Phi) is 2.91. The number of aromatic nitrogens is 1. The van der Waals surface area contributed by atoms with E-state index in [0.29, 0.717) is 11.5 Å². The van der Waals surface area contributed by atoms with Crippen molar-refractivity contribution in [2.75, 3.05) is 18.2 Å². The summed E-state index contributed by atoms with van der Waals surface area (Å²) in [5, 5.41) is 3.13. The molecule has 0 spiro atoms. The zero-order valence-corrected chi connectivity index (χ0v) is 8.97. The topological polar surface area (TPSA) is 60.2 Å². The van der Waals surface area contributed by atoms with Crippen molar-refractivity contribution < 1.29 is 4.74 Å². The summed E-state index contributed by atoms with van der Waals surface area (Å²) in [4.78, 5) is 4.15. The van der Waals surface area contributed by atoms with Gasteiger partial charge in [-0.2, -0.15) is 0 Å². The van der Waals surface area contributed by atoms with Crippen LogP contribution < -0.4 is 15.8 Å². The Morgan fingerprint density at radius 1 is 1.25 bits per heavy atom. The summed E-state index contributed by atoms with van der Waals surface area (Å²) in [7, 11) is 1.63. The van der Waals surface area contributed by atoms with E-state index in [4.69, 9.17) is 10.5 Å². The molecule has 0 fully saturated rings. The third kappa shape index (κ3) is 2.23. The van der Waals surface area contributed by atoms with Gasteiger partial charge in [0, 0.05) is 18.0 Å². The van der Waals surface area contributed by atoms with Gasteiger partial charge < -0.3 is 15.8 Å². The summed E-state index contributed by atoms with van der Waals surface area (Å²) < 4.78 is 5.13. The van der Waals surface area contributed by atoms with Crippen LogP contribution in [0.2, 0.25) is 0 Å². The molecule has 0 saturated heterocycles. The Labute approximate surface area is 94.1 Å². The molecule has 0 amide bonds. The van der Waals surface area contributed by atoms with Crippen molar-refractivity contribution in [3.05, 3.63) is 42.6 Å². The fraction of sp³-hybridized carbons (Fsp3) is 0.0833. The van der Waals surface area contributed by atoms with Gasteiger partial charge in [0.25, 0.3) is 0 Å². The molecule has 1 aromatic heterocycles. The highest BCUT2D eigenvalue weighted by Crippen LogP contribution is 2.22. The fourth-order valence-corrected chi connectivity index (χ4v) is 1.36. The predicted molar refractivity (Wildman–Crippen MR) is 64.9 cm³/mol. The fourth-order valence-electron chi connectivity index (χ4n) is 1.36. The van der Waals surface area contributed by atoms with E-state index in [1.54, 1.807) is 25.4 Å². The van der Waals surface area contributed by atoms with Crippen molar-refractivity contribution in [2.24, 2.45) is 0 Å². The minimum Gasteiger partial charge on any atom is -0.497 e. The SMILES string of the molecule is COc1cccc(Nc2ncccc2N)c1. The number of pyridine rings is 1. The van der Waals surface area contributed by atoms with Crippen molar-refractivity contribution in [3.8, 4) is 5.75 Å². The molecule has 0 aliphatic carbocycles. The number of anilines is 3. The van der Waals surface area contributed by atoms with Crippen LogP contribution in [0.3, 0.4) is 0 Å². The second kappa shape index (κ2) is 4.53. The van der Waals surface area contributed by atoms with Crippen LogP contribution in [0.4, 0.5) is 17.2 Å². The summed E-state index contributed by atoms with van der Waals surface area (Å²) in [6, 6.07) is 11.2. The number of benzene rings is 1. The van der Waals surface area contributed by atoms with Crippen molar-refractivity contribution >= 4 is 17.2 Å². The molecular formula is C12H13N3O. The van der Waals surface area contributed by atoms with Crippen LogP contribution in [0.1, 0.15) is 0 Å². The smallest absolute Gasteiger partial charge is 0.153 e. The molecule has 1 heterocycles. The van der Waals surface area contributed by atoms with Crippen LogP contribution in [-0.2, 0) is 0 Å². The van der Waals surface area contributed by atoms with E-state index >= 15 is 0 Å². The lowest BCUT2D eigenvalue weighted by Gasteiger charge is -2.08. The van der Waals surface area contributed by atoms with Crippen molar-refractivity contribution in [2.45, 2.75) is 0 Å². The second-order valence-corrected chi connectivity index (χ2v) is 3.30. The van der Waals surface area contributed by atoms with Crippen LogP contribution >= 0.6 is 0 Å². The minimum atomic E-state index is 0.616. The molecule has 16 heavy (non-hydrogen) atoms. The third-order valence-corrected chi connectivity index (χ3v) is 2.17. The first-order valence-corrected chi connectivity index (χ1v) is 4.91. The number of ether oxygens (including phenoxy) is 1. The Hall–Kier alpha value is -2.23. The number of nitrogens with one attached hydrogen (secondary N) is 1. The summed E-state index contributed by atoms with van der Waals surface area (Å²) >= 11 is 0. The van der Waals surface area contributed by atoms with Gasteiger partial charge in [0.05, 0.1) is 12.8 Å². The zero-order chi connectivity index (χ0) is 11.4. The first kappa shape index (κ1) is 10.3. The van der Waals surface area contributed by atoms with E-state index < -0.39 is 0 Å². The monoisotopic (exact) mass is 215 g/mol. The number of nitrogen functional groups attached to an aromatic ring is 1. The highest BCUT2D eigenvalue weighted by Gasteiger charge is 2.00. The van der Waals surface area contributed by atoms with E-state index in [1.165, 1.54) is 0 Å². The largest absolute Gasteiger partial charge is 0.497 e. The Bertz CT molecular complexity index is 485. The molecule has 82 valence electrons. The van der Waals surface area contributed by atoms with Crippen LogP contribution in [0.15, 0.2) is 42.6 Å². The average Bonchev–Trinajstić information content (AvgIpc) is 2.32. The van der Waals surface area contributed by atoms with E-state index in [2.05, 4.69) is 10.3 Å². The van der Waals surface area contributed by atoms with Gasteiger partial charge in [-0.1, -0.05) is 6.07 Å². The molecule has 0 aliphatic rings. The maximum atomic E-state index is 5.78. The molecule has 4 nitrogen and oxygen atoms in total. The summed E-state index contributed by atoms with van der Waals surface area (Å²) in [5.74, 6) is 1.44. The van der Waals surface area contributed by atoms with Gasteiger partial charge >= 0.3 is 0 Å². The molecule has 4 heteroatoms. The van der Waals surface area contributed by atoms with Gasteiger partial charge in [-0.25, -0.2) is 4.98 Å². The maximum absolute atomic E-state index is 5.78. The van der Waals surface area contributed by atoms with Gasteiger partial charge in [-0.05, 0) is 24.3 Å². The van der Waals surface area contributed by atoms with Crippen LogP contribution in [0, 0.1) is 0 Å². The molecule has 0 radical (unpaired) electrons. The molecule has 0 saturated carbocycles. The van der Waals surface area contributed by atoms with Crippen LogP contribution in [0.5, 0.6) is 5.75 Å². The number of nitrogens with zero attached hydrogens (tertiary/aromatic N) is 1. The lowest BCUT2D eigenvalue weighted by molar-refractivity contribution is 0.415.